The van der Waals surface area contributed by atoms with Crippen molar-refractivity contribution in [3.63, 3.8) is 0 Å². The second-order valence-electron chi connectivity index (χ2n) is 2.68. The lowest BCUT2D eigenvalue weighted by Gasteiger charge is -2.02. The summed E-state index contributed by atoms with van der Waals surface area (Å²) in [5.41, 5.74) is 0.656. The Morgan fingerprint density at radius 1 is 1.50 bits per heavy atom. The molecule has 0 saturated heterocycles. The molecular formula is C9H9FO2. The van der Waals surface area contributed by atoms with Crippen LogP contribution >= 0.6 is 0 Å². The predicted octanol–water partition coefficient (Wildman–Crippen LogP) is 2.04. The number of rotatable bonds is 1. The van der Waals surface area contributed by atoms with Crippen molar-refractivity contribution >= 4 is 5.78 Å². The third kappa shape index (κ3) is 1.44. The van der Waals surface area contributed by atoms with E-state index in [-0.39, 0.29) is 17.1 Å². The number of aryl methyl sites for hydroxylation is 1. The molecule has 0 heterocycles. The van der Waals surface area contributed by atoms with Crippen LogP contribution in [0.4, 0.5) is 4.39 Å². The third-order valence-corrected chi connectivity index (χ3v) is 1.66. The van der Waals surface area contributed by atoms with Crippen LogP contribution in [0.1, 0.15) is 22.8 Å². The Bertz CT molecular complexity index is 308. The second kappa shape index (κ2) is 2.93. The summed E-state index contributed by atoms with van der Waals surface area (Å²) in [4.78, 5) is 10.8. The average molecular weight is 168 g/mol. The first-order chi connectivity index (χ1) is 5.52. The molecule has 0 aliphatic carbocycles. The molecule has 1 aromatic carbocycles. The van der Waals surface area contributed by atoms with Crippen molar-refractivity contribution in [1.29, 1.82) is 0 Å². The maximum absolute atomic E-state index is 12.8. The van der Waals surface area contributed by atoms with Gasteiger partial charge in [0.25, 0.3) is 0 Å². The van der Waals surface area contributed by atoms with Gasteiger partial charge in [-0.05, 0) is 31.5 Å². The van der Waals surface area contributed by atoms with Gasteiger partial charge in [0, 0.05) is 5.56 Å². The molecule has 0 unspecified atom stereocenters. The van der Waals surface area contributed by atoms with Crippen LogP contribution in [0.15, 0.2) is 12.1 Å². The summed E-state index contributed by atoms with van der Waals surface area (Å²) in [6, 6.07) is 2.49. The van der Waals surface area contributed by atoms with E-state index in [1.807, 2.05) is 0 Å². The highest BCUT2D eigenvalue weighted by Gasteiger charge is 2.08. The summed E-state index contributed by atoms with van der Waals surface area (Å²) in [6.45, 7) is 2.90. The normalized spacial score (nSPS) is 9.92. The van der Waals surface area contributed by atoms with Gasteiger partial charge in [-0.2, -0.15) is 0 Å². The molecule has 0 amide bonds. The van der Waals surface area contributed by atoms with Gasteiger partial charge in [0.05, 0.1) is 0 Å². The van der Waals surface area contributed by atoms with Gasteiger partial charge in [0.2, 0.25) is 0 Å². The number of phenolic OH excluding ortho intramolecular Hbond substituents is 1. The molecular weight excluding hydrogens is 159 g/mol. The van der Waals surface area contributed by atoms with E-state index >= 15 is 0 Å². The van der Waals surface area contributed by atoms with Gasteiger partial charge >= 0.3 is 0 Å². The van der Waals surface area contributed by atoms with Crippen LogP contribution in [0.3, 0.4) is 0 Å². The molecule has 0 aromatic heterocycles. The maximum atomic E-state index is 12.8. The quantitative estimate of drug-likeness (QED) is 0.651. The van der Waals surface area contributed by atoms with E-state index in [1.54, 1.807) is 6.92 Å². The Morgan fingerprint density at radius 3 is 2.50 bits per heavy atom. The van der Waals surface area contributed by atoms with Gasteiger partial charge in [0.1, 0.15) is 0 Å². The molecule has 1 rings (SSSR count). The number of carbonyl (C=O) groups excluding carboxylic acids is 1. The Labute approximate surface area is 69.6 Å². The van der Waals surface area contributed by atoms with Crippen LogP contribution in [0.2, 0.25) is 0 Å². The molecule has 0 fully saturated rings. The minimum Gasteiger partial charge on any atom is -0.505 e. The van der Waals surface area contributed by atoms with Gasteiger partial charge in [-0.25, -0.2) is 4.39 Å². The lowest BCUT2D eigenvalue weighted by molar-refractivity contribution is 0.101. The Morgan fingerprint density at radius 2 is 2.08 bits per heavy atom. The number of phenols is 1. The standard InChI is InChI=1S/C9H9FO2/c1-5-3-7(6(2)11)4-8(10)9(5)12/h3-4,12H,1-2H3. The Hall–Kier alpha value is -1.38. The van der Waals surface area contributed by atoms with Crippen molar-refractivity contribution in [3.8, 4) is 5.75 Å². The van der Waals surface area contributed by atoms with Gasteiger partial charge in [-0.15, -0.1) is 0 Å². The number of benzene rings is 1. The summed E-state index contributed by atoms with van der Waals surface area (Å²) in [6.07, 6.45) is 0. The first kappa shape index (κ1) is 8.71. The number of hydrogen-bond donors (Lipinski definition) is 1. The van der Waals surface area contributed by atoms with Crippen molar-refractivity contribution in [2.75, 3.05) is 0 Å². The van der Waals surface area contributed by atoms with Gasteiger partial charge in [-0.3, -0.25) is 4.79 Å². The fraction of sp³-hybridized carbons (Fsp3) is 0.222. The topological polar surface area (TPSA) is 37.3 Å². The summed E-state index contributed by atoms with van der Waals surface area (Å²) < 4.78 is 12.8. The molecule has 1 N–H and O–H groups in total. The first-order valence-corrected chi connectivity index (χ1v) is 3.52. The van der Waals surface area contributed by atoms with E-state index in [0.717, 1.165) is 6.07 Å². The van der Waals surface area contributed by atoms with Gasteiger partial charge < -0.3 is 5.11 Å². The second-order valence-corrected chi connectivity index (χ2v) is 2.68. The monoisotopic (exact) mass is 168 g/mol. The SMILES string of the molecule is CC(=O)c1cc(C)c(O)c(F)c1. The summed E-state index contributed by atoms with van der Waals surface area (Å²) >= 11 is 0. The van der Waals surface area contributed by atoms with E-state index in [1.165, 1.54) is 13.0 Å². The van der Waals surface area contributed by atoms with Crippen LogP contribution in [0.5, 0.6) is 5.75 Å². The van der Waals surface area contributed by atoms with E-state index in [4.69, 9.17) is 5.11 Å². The predicted molar refractivity (Wildman–Crippen MR) is 42.8 cm³/mol. The van der Waals surface area contributed by atoms with Crippen molar-refractivity contribution in [1.82, 2.24) is 0 Å². The lowest BCUT2D eigenvalue weighted by Crippen LogP contribution is -1.94. The molecule has 0 spiro atoms. The van der Waals surface area contributed by atoms with Crippen molar-refractivity contribution in [2.45, 2.75) is 13.8 Å². The molecule has 1 aromatic rings. The largest absolute Gasteiger partial charge is 0.505 e. The number of carbonyl (C=O) groups is 1. The number of hydrogen-bond acceptors (Lipinski definition) is 2. The fourth-order valence-corrected chi connectivity index (χ4v) is 0.940. The van der Waals surface area contributed by atoms with E-state index in [9.17, 15) is 9.18 Å². The van der Waals surface area contributed by atoms with Crippen LogP contribution in [0.25, 0.3) is 0 Å². The molecule has 0 radical (unpaired) electrons. The van der Waals surface area contributed by atoms with Crippen LogP contribution in [-0.4, -0.2) is 10.9 Å². The molecule has 64 valence electrons. The Kier molecular flexibility index (Phi) is 2.13. The number of Topliss-reactive ketones (excluding diaryl/α,β-unsaturated/α-hetero) is 1. The van der Waals surface area contributed by atoms with Crippen LogP contribution < -0.4 is 0 Å². The zero-order chi connectivity index (χ0) is 9.30. The van der Waals surface area contributed by atoms with Crippen molar-refractivity contribution in [2.24, 2.45) is 0 Å². The third-order valence-electron chi connectivity index (χ3n) is 1.66. The number of ketones is 1. The van der Waals surface area contributed by atoms with E-state index < -0.39 is 5.82 Å². The minimum absolute atomic E-state index is 0.211. The lowest BCUT2D eigenvalue weighted by atomic mass is 10.1. The molecule has 0 aliphatic rings. The molecule has 0 aliphatic heterocycles. The smallest absolute Gasteiger partial charge is 0.165 e. The molecule has 3 heteroatoms. The minimum atomic E-state index is -0.750. The van der Waals surface area contributed by atoms with Crippen molar-refractivity contribution < 1.29 is 14.3 Å². The highest BCUT2D eigenvalue weighted by Crippen LogP contribution is 2.22. The molecule has 0 saturated carbocycles. The first-order valence-electron chi connectivity index (χ1n) is 3.52. The van der Waals surface area contributed by atoms with Crippen LogP contribution in [-0.2, 0) is 0 Å². The van der Waals surface area contributed by atoms with Gasteiger partial charge in [0.15, 0.2) is 17.3 Å². The van der Waals surface area contributed by atoms with Crippen LogP contribution in [0, 0.1) is 12.7 Å². The highest BCUT2D eigenvalue weighted by atomic mass is 19.1. The van der Waals surface area contributed by atoms with Crippen molar-refractivity contribution in [3.05, 3.63) is 29.1 Å². The summed E-state index contributed by atoms with van der Waals surface area (Å²) in [5.74, 6) is -1.35. The number of halogens is 1. The molecule has 0 atom stereocenters. The van der Waals surface area contributed by atoms with E-state index in [0.29, 0.717) is 5.56 Å². The fourth-order valence-electron chi connectivity index (χ4n) is 0.940. The molecule has 12 heavy (non-hydrogen) atoms. The molecule has 2 nitrogen and oxygen atoms in total. The summed E-state index contributed by atoms with van der Waals surface area (Å²) in [7, 11) is 0. The average Bonchev–Trinajstić information content (AvgIpc) is 1.99. The zero-order valence-corrected chi connectivity index (χ0v) is 6.89. The molecule has 0 bridgehead atoms. The maximum Gasteiger partial charge on any atom is 0.165 e. The number of aromatic hydroxyl groups is 1. The highest BCUT2D eigenvalue weighted by molar-refractivity contribution is 5.94. The Balaban J connectivity index is 3.31. The van der Waals surface area contributed by atoms with E-state index in [2.05, 4.69) is 0 Å². The summed E-state index contributed by atoms with van der Waals surface area (Å²) in [5, 5.41) is 9.03. The van der Waals surface area contributed by atoms with Gasteiger partial charge in [-0.1, -0.05) is 0 Å². The zero-order valence-electron chi connectivity index (χ0n) is 6.89.